The molecule has 0 aliphatic carbocycles. The lowest BCUT2D eigenvalue weighted by Gasteiger charge is -2.10. The highest BCUT2D eigenvalue weighted by molar-refractivity contribution is 5.95. The van der Waals surface area contributed by atoms with E-state index in [1.54, 1.807) is 18.2 Å². The fraction of sp³-hybridized carbons (Fsp3) is 0.333. The number of halogens is 1. The number of aromatic nitrogens is 1. The van der Waals surface area contributed by atoms with Crippen LogP contribution in [-0.2, 0) is 9.53 Å². The predicted molar refractivity (Wildman–Crippen MR) is 88.8 cm³/mol. The summed E-state index contributed by atoms with van der Waals surface area (Å²) in [5.74, 6) is -0.787. The number of hydrogen-bond donors (Lipinski definition) is 1. The monoisotopic (exact) mass is 332 g/mol. The van der Waals surface area contributed by atoms with E-state index in [1.165, 1.54) is 19.2 Å². The van der Waals surface area contributed by atoms with Crippen LogP contribution in [0.25, 0.3) is 5.69 Å². The Bertz CT molecular complexity index is 735. The minimum absolute atomic E-state index is 0.193. The summed E-state index contributed by atoms with van der Waals surface area (Å²) in [7, 11) is 1.34. The number of nitrogens with zero attached hydrogens (tertiary/aromatic N) is 1. The van der Waals surface area contributed by atoms with Crippen LogP contribution in [-0.4, -0.2) is 30.1 Å². The van der Waals surface area contributed by atoms with E-state index in [9.17, 15) is 14.0 Å². The number of amides is 1. The van der Waals surface area contributed by atoms with Gasteiger partial charge < -0.3 is 14.6 Å². The molecule has 0 spiro atoms. The van der Waals surface area contributed by atoms with Crippen molar-refractivity contribution in [1.29, 1.82) is 0 Å². The Balaban J connectivity index is 2.09. The molecule has 2 aromatic rings. The molecule has 1 aromatic heterocycles. The van der Waals surface area contributed by atoms with Crippen LogP contribution >= 0.6 is 0 Å². The van der Waals surface area contributed by atoms with Gasteiger partial charge in [-0.25, -0.2) is 4.39 Å². The lowest BCUT2D eigenvalue weighted by molar-refractivity contribution is -0.140. The highest BCUT2D eigenvalue weighted by Gasteiger charge is 2.16. The molecule has 0 saturated carbocycles. The van der Waals surface area contributed by atoms with Crippen molar-refractivity contribution in [1.82, 2.24) is 9.88 Å². The number of nitrogens with one attached hydrogen (secondary N) is 1. The summed E-state index contributed by atoms with van der Waals surface area (Å²) < 4.78 is 19.5. The van der Waals surface area contributed by atoms with Gasteiger partial charge in [-0.2, -0.15) is 0 Å². The maximum absolute atomic E-state index is 13.1. The fourth-order valence-electron chi connectivity index (χ4n) is 2.61. The first-order valence-corrected chi connectivity index (χ1v) is 7.74. The molecule has 0 fully saturated rings. The van der Waals surface area contributed by atoms with Gasteiger partial charge in [0.25, 0.3) is 5.91 Å². The number of carbonyl (C=O) groups is 2. The van der Waals surface area contributed by atoms with Crippen molar-refractivity contribution < 1.29 is 18.7 Å². The van der Waals surface area contributed by atoms with E-state index in [0.29, 0.717) is 18.5 Å². The van der Waals surface area contributed by atoms with Gasteiger partial charge in [0.2, 0.25) is 0 Å². The third kappa shape index (κ3) is 4.01. The first kappa shape index (κ1) is 17.7. The van der Waals surface area contributed by atoms with Gasteiger partial charge in [-0.15, -0.1) is 0 Å². The zero-order valence-electron chi connectivity index (χ0n) is 14.1. The fourth-order valence-corrected chi connectivity index (χ4v) is 2.61. The maximum Gasteiger partial charge on any atom is 0.305 e. The number of carbonyl (C=O) groups excluding carboxylic acids is 2. The van der Waals surface area contributed by atoms with Crippen LogP contribution in [0.3, 0.4) is 0 Å². The second-order valence-electron chi connectivity index (χ2n) is 5.53. The second-order valence-corrected chi connectivity index (χ2v) is 5.53. The van der Waals surface area contributed by atoms with Gasteiger partial charge in [-0.1, -0.05) is 0 Å². The summed E-state index contributed by atoms with van der Waals surface area (Å²) in [6.07, 6.45) is 0.792. The number of esters is 1. The van der Waals surface area contributed by atoms with Crippen molar-refractivity contribution >= 4 is 11.9 Å². The molecule has 0 bridgehead atoms. The molecule has 1 N–H and O–H groups in total. The second kappa shape index (κ2) is 7.77. The van der Waals surface area contributed by atoms with E-state index in [2.05, 4.69) is 10.1 Å². The highest BCUT2D eigenvalue weighted by atomic mass is 19.1. The summed E-state index contributed by atoms with van der Waals surface area (Å²) in [6.45, 7) is 4.14. The third-order valence-electron chi connectivity index (χ3n) is 3.83. The Hall–Kier alpha value is -2.63. The molecule has 128 valence electrons. The summed E-state index contributed by atoms with van der Waals surface area (Å²) in [4.78, 5) is 23.4. The predicted octanol–water partition coefficient (Wildman–Crippen LogP) is 2.92. The molecule has 0 saturated heterocycles. The normalized spacial score (nSPS) is 10.5. The first-order valence-electron chi connectivity index (χ1n) is 7.74. The van der Waals surface area contributed by atoms with Crippen LogP contribution in [0.5, 0.6) is 0 Å². The standard InChI is InChI=1S/C18H21FN2O3/c1-12-11-16(18(23)20-10-4-5-17(22)24-3)13(2)21(12)15-8-6-14(19)7-9-15/h6-9,11H,4-5,10H2,1-3H3,(H,20,23). The molecule has 0 unspecified atom stereocenters. The number of methoxy groups -OCH3 is 1. The number of benzene rings is 1. The Morgan fingerprint density at radius 1 is 1.21 bits per heavy atom. The maximum atomic E-state index is 13.1. The van der Waals surface area contributed by atoms with E-state index in [4.69, 9.17) is 0 Å². The first-order chi connectivity index (χ1) is 11.4. The molecular formula is C18H21FN2O3. The van der Waals surface area contributed by atoms with Crippen molar-refractivity contribution in [2.24, 2.45) is 0 Å². The van der Waals surface area contributed by atoms with Gasteiger partial charge in [-0.05, 0) is 50.6 Å². The molecule has 0 radical (unpaired) electrons. The van der Waals surface area contributed by atoms with Gasteiger partial charge in [0.15, 0.2) is 0 Å². The lowest BCUT2D eigenvalue weighted by atomic mass is 10.2. The van der Waals surface area contributed by atoms with Crippen molar-refractivity contribution in [3.8, 4) is 5.69 Å². The number of aryl methyl sites for hydroxylation is 1. The SMILES string of the molecule is COC(=O)CCCNC(=O)c1cc(C)n(-c2ccc(F)cc2)c1C. The van der Waals surface area contributed by atoms with E-state index >= 15 is 0 Å². The summed E-state index contributed by atoms with van der Waals surface area (Å²) in [5, 5.41) is 2.80. The van der Waals surface area contributed by atoms with E-state index in [-0.39, 0.29) is 24.1 Å². The Morgan fingerprint density at radius 3 is 2.50 bits per heavy atom. The molecule has 1 aromatic carbocycles. The summed E-state index contributed by atoms with van der Waals surface area (Å²) in [6, 6.07) is 7.93. The summed E-state index contributed by atoms with van der Waals surface area (Å²) >= 11 is 0. The van der Waals surface area contributed by atoms with E-state index in [1.807, 2.05) is 18.4 Å². The third-order valence-corrected chi connectivity index (χ3v) is 3.83. The molecular weight excluding hydrogens is 311 g/mol. The quantitative estimate of drug-likeness (QED) is 0.653. The molecule has 2 rings (SSSR count). The number of rotatable bonds is 6. The van der Waals surface area contributed by atoms with Crippen molar-refractivity contribution in [3.63, 3.8) is 0 Å². The molecule has 24 heavy (non-hydrogen) atoms. The van der Waals surface area contributed by atoms with Gasteiger partial charge in [0.05, 0.1) is 12.7 Å². The van der Waals surface area contributed by atoms with Crippen LogP contribution in [0, 0.1) is 19.7 Å². The van der Waals surface area contributed by atoms with Crippen LogP contribution in [0.15, 0.2) is 30.3 Å². The van der Waals surface area contributed by atoms with E-state index in [0.717, 1.165) is 17.1 Å². The van der Waals surface area contributed by atoms with Gasteiger partial charge in [0.1, 0.15) is 5.82 Å². The molecule has 1 amide bonds. The lowest BCUT2D eigenvalue weighted by Crippen LogP contribution is -2.25. The van der Waals surface area contributed by atoms with Crippen molar-refractivity contribution in [2.75, 3.05) is 13.7 Å². The smallest absolute Gasteiger partial charge is 0.305 e. The summed E-state index contributed by atoms with van der Waals surface area (Å²) in [5.41, 5.74) is 3.04. The Morgan fingerprint density at radius 2 is 1.88 bits per heavy atom. The van der Waals surface area contributed by atoms with Gasteiger partial charge >= 0.3 is 5.97 Å². The minimum atomic E-state index is -0.301. The largest absolute Gasteiger partial charge is 0.469 e. The number of hydrogen-bond acceptors (Lipinski definition) is 3. The average Bonchev–Trinajstić information content (AvgIpc) is 2.87. The van der Waals surface area contributed by atoms with Crippen LogP contribution in [0.4, 0.5) is 4.39 Å². The molecule has 1 heterocycles. The van der Waals surface area contributed by atoms with Crippen molar-refractivity contribution in [2.45, 2.75) is 26.7 Å². The zero-order valence-corrected chi connectivity index (χ0v) is 14.1. The molecule has 5 nitrogen and oxygen atoms in total. The van der Waals surface area contributed by atoms with Gasteiger partial charge in [-0.3, -0.25) is 9.59 Å². The van der Waals surface area contributed by atoms with Crippen LogP contribution in [0.1, 0.15) is 34.6 Å². The van der Waals surface area contributed by atoms with Crippen LogP contribution < -0.4 is 5.32 Å². The molecule has 0 atom stereocenters. The Labute approximate surface area is 140 Å². The molecule has 0 aliphatic heterocycles. The van der Waals surface area contributed by atoms with Crippen molar-refractivity contribution in [3.05, 3.63) is 53.1 Å². The minimum Gasteiger partial charge on any atom is -0.469 e. The topological polar surface area (TPSA) is 60.3 Å². The number of ether oxygens (including phenoxy) is 1. The highest BCUT2D eigenvalue weighted by Crippen LogP contribution is 2.21. The van der Waals surface area contributed by atoms with E-state index < -0.39 is 0 Å². The average molecular weight is 332 g/mol. The molecule has 0 aliphatic rings. The Kier molecular flexibility index (Phi) is 5.73. The zero-order chi connectivity index (χ0) is 17.7. The van der Waals surface area contributed by atoms with Gasteiger partial charge in [0, 0.05) is 30.0 Å². The van der Waals surface area contributed by atoms with Crippen LogP contribution in [0.2, 0.25) is 0 Å². The molecule has 6 heteroatoms.